The van der Waals surface area contributed by atoms with E-state index in [9.17, 15) is 9.59 Å². The summed E-state index contributed by atoms with van der Waals surface area (Å²) in [5.74, 6) is 1.70. The predicted octanol–water partition coefficient (Wildman–Crippen LogP) is 5.99. The number of carbonyl (C=O) groups is 2. The van der Waals surface area contributed by atoms with E-state index in [-0.39, 0.29) is 23.3 Å². The minimum absolute atomic E-state index is 0.134. The van der Waals surface area contributed by atoms with E-state index in [4.69, 9.17) is 42.1 Å². The van der Waals surface area contributed by atoms with Crippen molar-refractivity contribution in [1.29, 1.82) is 0 Å². The van der Waals surface area contributed by atoms with Gasteiger partial charge in [-0.1, -0.05) is 43.1 Å². The van der Waals surface area contributed by atoms with E-state index in [0.717, 1.165) is 5.56 Å². The fourth-order valence-electron chi connectivity index (χ4n) is 4.05. The zero-order chi connectivity index (χ0) is 29.4. The molecule has 0 fully saturated rings. The van der Waals surface area contributed by atoms with Crippen LogP contribution >= 0.6 is 23.2 Å². The highest BCUT2D eigenvalue weighted by atomic mass is 35.5. The number of benzene rings is 3. The average molecular weight is 600 g/mol. The number of nitrogens with zero attached hydrogens (tertiary/aromatic N) is 1. The summed E-state index contributed by atoms with van der Waals surface area (Å²) in [4.78, 5) is 25.7. The number of ether oxygens (including phenoxy) is 4. The van der Waals surface area contributed by atoms with Crippen LogP contribution in [-0.4, -0.2) is 37.5 Å². The Labute approximate surface area is 248 Å². The number of hydrogen-bond acceptors (Lipinski definition) is 7. The van der Waals surface area contributed by atoms with Crippen LogP contribution in [-0.2, 0) is 11.4 Å². The third-order valence-corrected chi connectivity index (χ3v) is 6.54. The predicted molar refractivity (Wildman–Crippen MR) is 157 cm³/mol. The van der Waals surface area contributed by atoms with Crippen LogP contribution in [0, 0.1) is 5.92 Å². The molecule has 0 aliphatic carbocycles. The summed E-state index contributed by atoms with van der Waals surface area (Å²) in [6, 6.07) is 14.7. The first-order chi connectivity index (χ1) is 19.7. The van der Waals surface area contributed by atoms with Crippen molar-refractivity contribution < 1.29 is 28.5 Å². The van der Waals surface area contributed by atoms with Gasteiger partial charge in [0.05, 0.1) is 23.4 Å². The first-order valence-corrected chi connectivity index (χ1v) is 13.9. The number of nitrogens with one attached hydrogen (secondary N) is 2. The molecule has 0 radical (unpaired) electrons. The SMILES string of the molecule is CCOc1cc(/C=N\NC(=O)[C@H](CC(C)C)NC(=O)c2ccc(Cl)cc2Cl)ccc1OCc1ccc2c(c1)OCO2. The van der Waals surface area contributed by atoms with Gasteiger partial charge in [0, 0.05) is 5.02 Å². The van der Waals surface area contributed by atoms with E-state index < -0.39 is 17.9 Å². The van der Waals surface area contributed by atoms with Crippen molar-refractivity contribution in [2.45, 2.75) is 39.8 Å². The number of rotatable bonds is 12. The lowest BCUT2D eigenvalue weighted by molar-refractivity contribution is -0.123. The Morgan fingerprint density at radius 2 is 1.80 bits per heavy atom. The second-order valence-electron chi connectivity index (χ2n) is 9.63. The molecule has 9 nitrogen and oxygen atoms in total. The second kappa shape index (κ2) is 14.1. The number of amides is 2. The molecule has 0 spiro atoms. The van der Waals surface area contributed by atoms with Crippen molar-refractivity contribution in [2.24, 2.45) is 11.0 Å². The van der Waals surface area contributed by atoms with E-state index in [0.29, 0.717) is 53.2 Å². The normalized spacial score (nSPS) is 12.8. The van der Waals surface area contributed by atoms with Gasteiger partial charge >= 0.3 is 0 Å². The van der Waals surface area contributed by atoms with Crippen LogP contribution in [0.2, 0.25) is 10.0 Å². The molecule has 216 valence electrons. The van der Waals surface area contributed by atoms with E-state index >= 15 is 0 Å². The van der Waals surface area contributed by atoms with Gasteiger partial charge < -0.3 is 24.3 Å². The van der Waals surface area contributed by atoms with Gasteiger partial charge in [-0.2, -0.15) is 5.10 Å². The molecule has 1 atom stereocenters. The molecule has 3 aromatic rings. The highest BCUT2D eigenvalue weighted by Gasteiger charge is 2.23. The number of carbonyl (C=O) groups excluding carboxylic acids is 2. The summed E-state index contributed by atoms with van der Waals surface area (Å²) < 4.78 is 22.5. The van der Waals surface area contributed by atoms with Gasteiger partial charge in [0.15, 0.2) is 23.0 Å². The number of hydrazone groups is 1. The summed E-state index contributed by atoms with van der Waals surface area (Å²) in [5.41, 5.74) is 4.35. The van der Waals surface area contributed by atoms with Crippen LogP contribution in [0.5, 0.6) is 23.0 Å². The number of hydrogen-bond donors (Lipinski definition) is 2. The molecular weight excluding hydrogens is 569 g/mol. The maximum Gasteiger partial charge on any atom is 0.262 e. The van der Waals surface area contributed by atoms with Gasteiger partial charge in [-0.3, -0.25) is 9.59 Å². The zero-order valence-corrected chi connectivity index (χ0v) is 24.4. The molecule has 4 rings (SSSR count). The Bertz CT molecular complexity index is 1430. The highest BCUT2D eigenvalue weighted by molar-refractivity contribution is 6.36. The van der Waals surface area contributed by atoms with E-state index in [1.54, 1.807) is 24.3 Å². The number of fused-ring (bicyclic) bond motifs is 1. The quantitative estimate of drug-likeness (QED) is 0.195. The van der Waals surface area contributed by atoms with E-state index in [2.05, 4.69) is 15.8 Å². The van der Waals surface area contributed by atoms with E-state index in [1.807, 2.05) is 39.0 Å². The minimum atomic E-state index is -0.822. The summed E-state index contributed by atoms with van der Waals surface area (Å²) in [7, 11) is 0. The molecule has 0 bridgehead atoms. The van der Waals surface area contributed by atoms with Crippen LogP contribution < -0.4 is 29.7 Å². The lowest BCUT2D eigenvalue weighted by Crippen LogP contribution is -2.46. The molecule has 1 heterocycles. The third kappa shape index (κ3) is 8.28. The Hall–Kier alpha value is -3.95. The van der Waals surface area contributed by atoms with Crippen molar-refractivity contribution in [1.82, 2.24) is 10.7 Å². The van der Waals surface area contributed by atoms with Gasteiger partial charge in [-0.05, 0) is 78.9 Å². The van der Waals surface area contributed by atoms with Crippen LogP contribution in [0.4, 0.5) is 0 Å². The molecule has 41 heavy (non-hydrogen) atoms. The molecule has 2 amide bonds. The molecule has 0 unspecified atom stereocenters. The zero-order valence-electron chi connectivity index (χ0n) is 22.9. The Kier molecular flexibility index (Phi) is 10.3. The molecule has 1 aliphatic rings. The van der Waals surface area contributed by atoms with Gasteiger partial charge in [0.2, 0.25) is 6.79 Å². The summed E-state index contributed by atoms with van der Waals surface area (Å²) in [5, 5.41) is 7.45. The first-order valence-electron chi connectivity index (χ1n) is 13.1. The van der Waals surface area contributed by atoms with Crippen molar-refractivity contribution in [2.75, 3.05) is 13.4 Å². The maximum absolute atomic E-state index is 12.9. The summed E-state index contributed by atoms with van der Waals surface area (Å²) in [6.07, 6.45) is 1.90. The van der Waals surface area contributed by atoms with Crippen LogP contribution in [0.25, 0.3) is 0 Å². The average Bonchev–Trinajstić information content (AvgIpc) is 3.40. The molecule has 0 saturated heterocycles. The minimum Gasteiger partial charge on any atom is -0.490 e. The maximum atomic E-state index is 12.9. The van der Waals surface area contributed by atoms with E-state index in [1.165, 1.54) is 18.3 Å². The van der Waals surface area contributed by atoms with Gasteiger partial charge in [0.25, 0.3) is 11.8 Å². The van der Waals surface area contributed by atoms with Crippen LogP contribution in [0.3, 0.4) is 0 Å². The molecule has 0 saturated carbocycles. The Balaban J connectivity index is 1.39. The van der Waals surface area contributed by atoms with Crippen molar-refractivity contribution in [3.8, 4) is 23.0 Å². The molecular formula is C30H31Cl2N3O6. The van der Waals surface area contributed by atoms with Crippen LogP contribution in [0.15, 0.2) is 59.7 Å². The van der Waals surface area contributed by atoms with Gasteiger partial charge in [-0.25, -0.2) is 5.43 Å². The lowest BCUT2D eigenvalue weighted by atomic mass is 10.0. The lowest BCUT2D eigenvalue weighted by Gasteiger charge is -2.19. The highest BCUT2D eigenvalue weighted by Crippen LogP contribution is 2.34. The van der Waals surface area contributed by atoms with Crippen molar-refractivity contribution in [3.63, 3.8) is 0 Å². The second-order valence-corrected chi connectivity index (χ2v) is 10.5. The van der Waals surface area contributed by atoms with Crippen molar-refractivity contribution >= 4 is 41.2 Å². The van der Waals surface area contributed by atoms with Gasteiger partial charge in [-0.15, -0.1) is 0 Å². The van der Waals surface area contributed by atoms with Crippen molar-refractivity contribution in [3.05, 3.63) is 81.3 Å². The summed E-state index contributed by atoms with van der Waals surface area (Å²) in [6.45, 7) is 6.75. The molecule has 2 N–H and O–H groups in total. The monoisotopic (exact) mass is 599 g/mol. The fraction of sp³-hybridized carbons (Fsp3) is 0.300. The molecule has 0 aromatic heterocycles. The smallest absolute Gasteiger partial charge is 0.262 e. The third-order valence-electron chi connectivity index (χ3n) is 5.99. The fourth-order valence-corrected chi connectivity index (χ4v) is 4.54. The Morgan fingerprint density at radius 1 is 1.00 bits per heavy atom. The summed E-state index contributed by atoms with van der Waals surface area (Å²) >= 11 is 12.1. The number of halogens is 2. The van der Waals surface area contributed by atoms with Gasteiger partial charge in [0.1, 0.15) is 12.6 Å². The largest absolute Gasteiger partial charge is 0.490 e. The topological polar surface area (TPSA) is 107 Å². The molecule has 1 aliphatic heterocycles. The Morgan fingerprint density at radius 3 is 2.56 bits per heavy atom. The molecule has 11 heteroatoms. The standard InChI is InChI=1S/C30H31Cl2N3O6/c1-4-38-27-12-19(5-9-25(27)39-16-20-6-10-26-28(13-20)41-17-40-26)15-33-35-30(37)24(11-18(2)3)34-29(36)22-8-7-21(31)14-23(22)32/h5-10,12-15,18,24H,4,11,16-17H2,1-3H3,(H,34,36)(H,35,37)/b33-15-/t24-/m0/s1. The first kappa shape index (κ1) is 30.0. The molecule has 3 aromatic carbocycles. The van der Waals surface area contributed by atoms with Crippen LogP contribution in [0.1, 0.15) is 48.7 Å².